The number of rotatable bonds is 1. The van der Waals surface area contributed by atoms with E-state index in [2.05, 4.69) is 15.9 Å². The number of carbonyl (C=O) groups excluding carboxylic acids is 1. The van der Waals surface area contributed by atoms with Crippen molar-refractivity contribution in [2.24, 2.45) is 0 Å². The Morgan fingerprint density at radius 1 is 1.36 bits per heavy atom. The summed E-state index contributed by atoms with van der Waals surface area (Å²) in [6, 6.07) is 2.70. The van der Waals surface area contributed by atoms with Gasteiger partial charge in [0.2, 0.25) is 4.69 Å². The maximum atomic E-state index is 12.6. The highest BCUT2D eigenvalue weighted by molar-refractivity contribution is 9.18. The maximum absolute atomic E-state index is 12.6. The second-order valence-electron chi connectivity index (χ2n) is 1.90. The van der Waals surface area contributed by atoms with Crippen LogP contribution >= 0.6 is 15.9 Å². The molecule has 0 aromatic heterocycles. The van der Waals surface area contributed by atoms with Crippen LogP contribution in [0.3, 0.4) is 0 Å². The summed E-state index contributed by atoms with van der Waals surface area (Å²) in [5.41, 5.74) is -0.287. The Kier molecular flexibility index (Phi) is 2.34. The molecule has 1 nitrogen and oxygen atoms in total. The molecular weight excluding hydrogens is 218 g/mol. The first kappa shape index (κ1) is 8.33. The topological polar surface area (TPSA) is 17.1 Å². The Bertz CT molecular complexity index is 298. The third kappa shape index (κ3) is 1.83. The summed E-state index contributed by atoms with van der Waals surface area (Å²) in [5.74, 6) is -1.36. The lowest BCUT2D eigenvalue weighted by atomic mass is 10.2. The maximum Gasteiger partial charge on any atom is 0.231 e. The molecule has 0 bridgehead atoms. The average Bonchev–Trinajstić information content (AvgIpc) is 1.94. The van der Waals surface area contributed by atoms with Crippen LogP contribution in [0.2, 0.25) is 0 Å². The fourth-order valence-electron chi connectivity index (χ4n) is 0.648. The summed E-state index contributed by atoms with van der Waals surface area (Å²) >= 11 is 2.52. The first-order valence-corrected chi connectivity index (χ1v) is 3.55. The van der Waals surface area contributed by atoms with Gasteiger partial charge in [0.05, 0.1) is 5.56 Å². The predicted molar refractivity (Wildman–Crippen MR) is 39.6 cm³/mol. The Morgan fingerprint density at radius 2 is 2.00 bits per heavy atom. The van der Waals surface area contributed by atoms with Gasteiger partial charge in [-0.1, -0.05) is 0 Å². The molecule has 0 aliphatic carbocycles. The van der Waals surface area contributed by atoms with E-state index in [1.807, 2.05) is 0 Å². The molecule has 58 valence electrons. The third-order valence-corrected chi connectivity index (χ3v) is 1.57. The fraction of sp³-hybridized carbons (Fsp3) is 0. The number of benzene rings is 1. The Balaban J connectivity index is 3.23. The van der Waals surface area contributed by atoms with Crippen molar-refractivity contribution in [3.8, 4) is 0 Å². The fourth-order valence-corrected chi connectivity index (χ4v) is 0.952. The Labute approximate surface area is 70.2 Å². The lowest BCUT2D eigenvalue weighted by molar-refractivity contribution is 0.109. The molecule has 0 saturated heterocycles. The van der Waals surface area contributed by atoms with Crippen LogP contribution in [0.1, 0.15) is 10.4 Å². The van der Waals surface area contributed by atoms with Gasteiger partial charge in [0.1, 0.15) is 11.6 Å². The van der Waals surface area contributed by atoms with Crippen molar-refractivity contribution in [2.75, 3.05) is 0 Å². The minimum Gasteiger partial charge on any atom is -0.281 e. The number of carbonyl (C=O) groups is 1. The average molecular weight is 221 g/mol. The molecule has 0 unspecified atom stereocenters. The van der Waals surface area contributed by atoms with Gasteiger partial charge in [0, 0.05) is 0 Å². The van der Waals surface area contributed by atoms with E-state index in [9.17, 15) is 13.6 Å². The van der Waals surface area contributed by atoms with Crippen molar-refractivity contribution < 1.29 is 13.6 Å². The van der Waals surface area contributed by atoms with Crippen molar-refractivity contribution in [3.63, 3.8) is 0 Å². The smallest absolute Gasteiger partial charge is 0.231 e. The molecule has 0 saturated carbocycles. The summed E-state index contributed by atoms with van der Waals surface area (Å²) in [4.78, 5) is 10.5. The summed E-state index contributed by atoms with van der Waals surface area (Å²) < 4.78 is 24.3. The Morgan fingerprint density at radius 3 is 2.45 bits per heavy atom. The van der Waals surface area contributed by atoms with E-state index >= 15 is 0 Å². The number of hydrogen-bond acceptors (Lipinski definition) is 1. The van der Waals surface area contributed by atoms with Gasteiger partial charge in [0.25, 0.3) is 0 Å². The van der Waals surface area contributed by atoms with Crippen molar-refractivity contribution in [2.45, 2.75) is 0 Å². The molecule has 0 atom stereocenters. The quantitative estimate of drug-likeness (QED) is 0.665. The van der Waals surface area contributed by atoms with E-state index in [0.717, 1.165) is 18.2 Å². The number of halogens is 3. The van der Waals surface area contributed by atoms with Gasteiger partial charge < -0.3 is 0 Å². The zero-order chi connectivity index (χ0) is 8.43. The minimum absolute atomic E-state index is 0.287. The van der Waals surface area contributed by atoms with Crippen LogP contribution in [0.5, 0.6) is 0 Å². The van der Waals surface area contributed by atoms with Crippen LogP contribution in [0.15, 0.2) is 18.2 Å². The molecule has 0 spiro atoms. The van der Waals surface area contributed by atoms with E-state index < -0.39 is 16.3 Å². The molecule has 0 aliphatic rings. The molecule has 4 heteroatoms. The predicted octanol–water partition coefficient (Wildman–Crippen LogP) is 2.50. The van der Waals surface area contributed by atoms with Crippen LogP contribution in [-0.2, 0) is 0 Å². The molecule has 1 aromatic carbocycles. The van der Waals surface area contributed by atoms with Crippen molar-refractivity contribution in [1.82, 2.24) is 0 Å². The molecule has 0 N–H and O–H groups in total. The summed E-state index contributed by atoms with van der Waals surface area (Å²) in [7, 11) is 0. The van der Waals surface area contributed by atoms with Gasteiger partial charge in [-0.15, -0.1) is 0 Å². The van der Waals surface area contributed by atoms with E-state index in [-0.39, 0.29) is 5.56 Å². The lowest BCUT2D eigenvalue weighted by Gasteiger charge is -1.95. The number of hydrogen-bond donors (Lipinski definition) is 0. The lowest BCUT2D eigenvalue weighted by Crippen LogP contribution is -1.94. The summed E-state index contributed by atoms with van der Waals surface area (Å²) in [6.07, 6.45) is 0. The summed E-state index contributed by atoms with van der Waals surface area (Å²) in [6.45, 7) is 0. The van der Waals surface area contributed by atoms with Gasteiger partial charge >= 0.3 is 0 Å². The van der Waals surface area contributed by atoms with Crippen molar-refractivity contribution >= 4 is 20.6 Å². The third-order valence-electron chi connectivity index (χ3n) is 1.14. The molecule has 1 rings (SSSR count). The van der Waals surface area contributed by atoms with Crippen molar-refractivity contribution in [3.05, 3.63) is 35.4 Å². The van der Waals surface area contributed by atoms with Crippen LogP contribution in [0.4, 0.5) is 8.78 Å². The van der Waals surface area contributed by atoms with E-state index in [1.165, 1.54) is 0 Å². The molecule has 1 aromatic rings. The summed E-state index contributed by atoms with van der Waals surface area (Å²) in [5, 5.41) is 0. The monoisotopic (exact) mass is 220 g/mol. The highest BCUT2D eigenvalue weighted by Crippen LogP contribution is 2.12. The molecule has 0 fully saturated rings. The SMILES string of the molecule is O=C(Br)c1cc(F)ccc1F. The van der Waals surface area contributed by atoms with Gasteiger partial charge in [0.15, 0.2) is 0 Å². The molecule has 0 radical (unpaired) electrons. The zero-order valence-electron chi connectivity index (χ0n) is 5.27. The highest BCUT2D eigenvalue weighted by Gasteiger charge is 2.08. The van der Waals surface area contributed by atoms with Crippen LogP contribution in [-0.4, -0.2) is 4.69 Å². The minimum atomic E-state index is -0.728. The normalized spacial score (nSPS) is 9.73. The second-order valence-corrected chi connectivity index (χ2v) is 2.62. The van der Waals surface area contributed by atoms with Gasteiger partial charge in [-0.25, -0.2) is 8.78 Å². The first-order valence-electron chi connectivity index (χ1n) is 2.76. The molecule has 0 heterocycles. The molecular formula is C7H3BrF2O. The largest absolute Gasteiger partial charge is 0.281 e. The molecule has 11 heavy (non-hydrogen) atoms. The molecule has 0 aliphatic heterocycles. The Hall–Kier alpha value is -0.770. The standard InChI is InChI=1S/C7H3BrF2O/c8-7(11)5-3-4(9)1-2-6(5)10/h1-3H. The van der Waals surface area contributed by atoms with Crippen molar-refractivity contribution in [1.29, 1.82) is 0 Å². The highest BCUT2D eigenvalue weighted by atomic mass is 79.9. The van der Waals surface area contributed by atoms with E-state index in [4.69, 9.17) is 0 Å². The van der Waals surface area contributed by atoms with Crippen LogP contribution < -0.4 is 0 Å². The zero-order valence-corrected chi connectivity index (χ0v) is 6.86. The van der Waals surface area contributed by atoms with Crippen LogP contribution in [0, 0.1) is 11.6 Å². The first-order chi connectivity index (χ1) is 5.11. The van der Waals surface area contributed by atoms with E-state index in [1.54, 1.807) is 0 Å². The van der Waals surface area contributed by atoms with Crippen LogP contribution in [0.25, 0.3) is 0 Å². The second kappa shape index (κ2) is 3.09. The molecule has 0 amide bonds. The van der Waals surface area contributed by atoms with Gasteiger partial charge in [-0.3, -0.25) is 4.79 Å². The van der Waals surface area contributed by atoms with Gasteiger partial charge in [-0.2, -0.15) is 0 Å². The van der Waals surface area contributed by atoms with Gasteiger partial charge in [-0.05, 0) is 34.1 Å². The van der Waals surface area contributed by atoms with E-state index in [0.29, 0.717) is 0 Å².